The molecule has 0 heterocycles. The summed E-state index contributed by atoms with van der Waals surface area (Å²) in [4.78, 5) is -0.426. The first-order valence-corrected chi connectivity index (χ1v) is 7.81. The molecule has 0 aliphatic carbocycles. The Balaban J connectivity index is 2.96. The molecule has 0 fully saturated rings. The van der Waals surface area contributed by atoms with Crippen LogP contribution in [0.25, 0.3) is 0 Å². The highest BCUT2D eigenvalue weighted by molar-refractivity contribution is 9.10. The van der Waals surface area contributed by atoms with E-state index in [2.05, 4.69) is 20.7 Å². The lowest BCUT2D eigenvalue weighted by molar-refractivity contribution is -0.138. The molecule has 1 N–H and O–H groups in total. The van der Waals surface area contributed by atoms with Crippen molar-refractivity contribution < 1.29 is 26.3 Å². The van der Waals surface area contributed by atoms with Crippen LogP contribution in [0.4, 0.5) is 13.2 Å². The fourth-order valence-electron chi connectivity index (χ4n) is 1.40. The van der Waals surface area contributed by atoms with Crippen molar-refractivity contribution in [1.29, 1.82) is 0 Å². The van der Waals surface area contributed by atoms with E-state index < -0.39 is 26.7 Å². The molecule has 0 atom stereocenters. The zero-order valence-electron chi connectivity index (χ0n) is 10.5. The summed E-state index contributed by atoms with van der Waals surface area (Å²) < 4.78 is 68.6. The summed E-state index contributed by atoms with van der Waals surface area (Å²) in [5.41, 5.74) is -1.03. The molecule has 4 nitrogen and oxygen atoms in total. The molecule has 0 spiro atoms. The van der Waals surface area contributed by atoms with Crippen LogP contribution >= 0.6 is 15.9 Å². The number of benzene rings is 1. The van der Waals surface area contributed by atoms with Gasteiger partial charge in [0, 0.05) is 24.7 Å². The van der Waals surface area contributed by atoms with Crippen molar-refractivity contribution in [2.45, 2.75) is 17.5 Å². The second kappa shape index (κ2) is 6.88. The molecular formula is C11H13BrF3NO3S. The standard InChI is InChI=1S/C11H13BrF3NO3S/c1-19-6-2-5-16-20(17,18)8-3-4-10(12)9(7-8)11(13,14)15/h3-4,7,16H,2,5-6H2,1H3. The minimum Gasteiger partial charge on any atom is -0.385 e. The Morgan fingerprint density at radius 1 is 1.35 bits per heavy atom. The zero-order chi connectivity index (χ0) is 15.4. The second-order valence-corrected chi connectivity index (χ2v) is 6.50. The monoisotopic (exact) mass is 375 g/mol. The summed E-state index contributed by atoms with van der Waals surface area (Å²) in [6, 6.07) is 2.77. The van der Waals surface area contributed by atoms with Gasteiger partial charge in [-0.3, -0.25) is 0 Å². The normalized spacial score (nSPS) is 12.7. The molecule has 1 aromatic rings. The van der Waals surface area contributed by atoms with E-state index >= 15 is 0 Å². The van der Waals surface area contributed by atoms with Gasteiger partial charge in [0.2, 0.25) is 10.0 Å². The number of ether oxygens (including phenoxy) is 1. The van der Waals surface area contributed by atoms with Gasteiger partial charge in [0.05, 0.1) is 10.5 Å². The summed E-state index contributed by atoms with van der Waals surface area (Å²) in [6.45, 7) is 0.449. The number of methoxy groups -OCH3 is 1. The number of halogens is 4. The van der Waals surface area contributed by atoms with Gasteiger partial charge < -0.3 is 4.74 Å². The molecular weight excluding hydrogens is 363 g/mol. The van der Waals surface area contributed by atoms with Crippen molar-refractivity contribution in [3.63, 3.8) is 0 Å². The lowest BCUT2D eigenvalue weighted by Gasteiger charge is -2.12. The summed E-state index contributed by atoms with van der Waals surface area (Å²) in [6.07, 6.45) is -4.20. The first kappa shape index (κ1) is 17.4. The quantitative estimate of drug-likeness (QED) is 0.777. The number of hydrogen-bond donors (Lipinski definition) is 1. The van der Waals surface area contributed by atoms with Crippen molar-refractivity contribution >= 4 is 26.0 Å². The average molecular weight is 376 g/mol. The third kappa shape index (κ3) is 4.72. The Hall–Kier alpha value is -0.640. The molecule has 0 aliphatic rings. The maximum absolute atomic E-state index is 12.7. The highest BCUT2D eigenvalue weighted by atomic mass is 79.9. The Labute approximate surface area is 123 Å². The van der Waals surface area contributed by atoms with Gasteiger partial charge in [0.15, 0.2) is 0 Å². The van der Waals surface area contributed by atoms with E-state index in [-0.39, 0.29) is 11.0 Å². The number of rotatable bonds is 6. The molecule has 0 bridgehead atoms. The third-order valence-electron chi connectivity index (χ3n) is 2.37. The SMILES string of the molecule is COCCCNS(=O)(=O)c1ccc(Br)c(C(F)(F)F)c1. The van der Waals surface area contributed by atoms with Crippen molar-refractivity contribution in [1.82, 2.24) is 4.72 Å². The van der Waals surface area contributed by atoms with Crippen molar-refractivity contribution in [3.05, 3.63) is 28.2 Å². The molecule has 9 heteroatoms. The predicted molar refractivity (Wildman–Crippen MR) is 70.8 cm³/mol. The van der Waals surface area contributed by atoms with Gasteiger partial charge in [0.1, 0.15) is 0 Å². The van der Waals surface area contributed by atoms with Gasteiger partial charge in [-0.25, -0.2) is 13.1 Å². The van der Waals surface area contributed by atoms with Gasteiger partial charge in [-0.2, -0.15) is 13.2 Å². The average Bonchev–Trinajstić information content (AvgIpc) is 2.33. The van der Waals surface area contributed by atoms with E-state index in [4.69, 9.17) is 4.74 Å². The molecule has 0 saturated carbocycles. The van der Waals surface area contributed by atoms with Gasteiger partial charge in [0.25, 0.3) is 0 Å². The van der Waals surface area contributed by atoms with E-state index in [1.165, 1.54) is 7.11 Å². The van der Waals surface area contributed by atoms with E-state index in [1.54, 1.807) is 0 Å². The van der Waals surface area contributed by atoms with Gasteiger partial charge in [-0.05, 0) is 24.6 Å². The summed E-state index contributed by atoms with van der Waals surface area (Å²) in [5, 5.41) is 0. The Morgan fingerprint density at radius 2 is 2.00 bits per heavy atom. The van der Waals surface area contributed by atoms with Crippen molar-refractivity contribution in [3.8, 4) is 0 Å². The molecule has 114 valence electrons. The van der Waals surface area contributed by atoms with Gasteiger partial charge in [-0.15, -0.1) is 0 Å². The molecule has 0 aromatic heterocycles. The first-order valence-electron chi connectivity index (χ1n) is 5.54. The van der Waals surface area contributed by atoms with Crippen LogP contribution in [0.2, 0.25) is 0 Å². The third-order valence-corrected chi connectivity index (χ3v) is 4.52. The van der Waals surface area contributed by atoms with Crippen LogP contribution in [0.5, 0.6) is 0 Å². The van der Waals surface area contributed by atoms with E-state index in [9.17, 15) is 21.6 Å². The highest BCUT2D eigenvalue weighted by Crippen LogP contribution is 2.36. The van der Waals surface area contributed by atoms with Gasteiger partial charge >= 0.3 is 6.18 Å². The van der Waals surface area contributed by atoms with Crippen LogP contribution in [0, 0.1) is 0 Å². The Morgan fingerprint density at radius 3 is 2.55 bits per heavy atom. The number of sulfonamides is 1. The van der Waals surface area contributed by atoms with Crippen LogP contribution in [-0.2, 0) is 20.9 Å². The van der Waals surface area contributed by atoms with Crippen LogP contribution in [0.15, 0.2) is 27.6 Å². The molecule has 0 saturated heterocycles. The second-order valence-electron chi connectivity index (χ2n) is 3.88. The van der Waals surface area contributed by atoms with Crippen LogP contribution in [0.1, 0.15) is 12.0 Å². The minimum absolute atomic E-state index is 0.0909. The number of alkyl halides is 3. The maximum atomic E-state index is 12.7. The van der Waals surface area contributed by atoms with E-state index in [0.29, 0.717) is 19.1 Å². The Kier molecular flexibility index (Phi) is 5.99. The summed E-state index contributed by atoms with van der Waals surface area (Å²) >= 11 is 2.75. The topological polar surface area (TPSA) is 55.4 Å². The smallest absolute Gasteiger partial charge is 0.385 e. The molecule has 0 aliphatic heterocycles. The lowest BCUT2D eigenvalue weighted by Crippen LogP contribution is -2.26. The van der Waals surface area contributed by atoms with Crippen LogP contribution in [-0.4, -0.2) is 28.7 Å². The predicted octanol–water partition coefficient (Wildman–Crippen LogP) is 2.78. The first-order chi connectivity index (χ1) is 9.18. The molecule has 20 heavy (non-hydrogen) atoms. The Bertz CT molecular complexity index is 561. The molecule has 0 radical (unpaired) electrons. The molecule has 1 rings (SSSR count). The molecule has 1 aromatic carbocycles. The largest absolute Gasteiger partial charge is 0.417 e. The molecule has 0 unspecified atom stereocenters. The summed E-state index contributed by atoms with van der Waals surface area (Å²) in [7, 11) is -2.50. The van der Waals surface area contributed by atoms with E-state index in [1.807, 2.05) is 0 Å². The van der Waals surface area contributed by atoms with E-state index in [0.717, 1.165) is 12.1 Å². The van der Waals surface area contributed by atoms with Crippen molar-refractivity contribution in [2.75, 3.05) is 20.3 Å². The zero-order valence-corrected chi connectivity index (χ0v) is 12.9. The van der Waals surface area contributed by atoms with Crippen molar-refractivity contribution in [2.24, 2.45) is 0 Å². The minimum atomic E-state index is -4.62. The lowest BCUT2D eigenvalue weighted by atomic mass is 10.2. The van der Waals surface area contributed by atoms with Crippen LogP contribution < -0.4 is 4.72 Å². The number of nitrogens with one attached hydrogen (secondary N) is 1. The van der Waals surface area contributed by atoms with Gasteiger partial charge in [-0.1, -0.05) is 15.9 Å². The van der Waals surface area contributed by atoms with Crippen LogP contribution in [0.3, 0.4) is 0 Å². The maximum Gasteiger partial charge on any atom is 0.417 e. The highest BCUT2D eigenvalue weighted by Gasteiger charge is 2.34. The fraction of sp³-hybridized carbons (Fsp3) is 0.455. The summed E-state index contributed by atoms with van der Waals surface area (Å²) in [5.74, 6) is 0. The molecule has 0 amide bonds. The number of hydrogen-bond acceptors (Lipinski definition) is 3. The fourth-order valence-corrected chi connectivity index (χ4v) is 2.97.